The number of aromatic amines is 1. The van der Waals surface area contributed by atoms with Crippen molar-refractivity contribution in [3.8, 4) is 0 Å². The maximum Gasteiger partial charge on any atom is 0.273 e. The molecule has 88 valence electrons. The predicted molar refractivity (Wildman–Crippen MR) is 58.9 cm³/mol. The summed E-state index contributed by atoms with van der Waals surface area (Å²) in [5.74, 6) is -0.159. The Labute approximate surface area is 94.2 Å². The summed E-state index contributed by atoms with van der Waals surface area (Å²) in [5.41, 5.74) is 0.544. The molecule has 1 saturated heterocycles. The number of nitrogens with zero attached hydrogens (tertiary/aromatic N) is 2. The largest absolute Gasteiger partial charge is 0.350 e. The van der Waals surface area contributed by atoms with E-state index in [1.54, 1.807) is 0 Å². The molecule has 6 nitrogen and oxygen atoms in total. The van der Waals surface area contributed by atoms with Gasteiger partial charge in [-0.25, -0.2) is 0 Å². The molecular weight excluding hydrogens is 206 g/mol. The standard InChI is InChI=1S/C10H17N5O/c1-10(2-4-11-5-3-10)7-12-9(16)8-6-13-15-14-8/h6,11H,2-5,7H2,1H3,(H,12,16)(H,13,14,15). The smallest absolute Gasteiger partial charge is 0.273 e. The highest BCUT2D eigenvalue weighted by molar-refractivity contribution is 5.91. The van der Waals surface area contributed by atoms with Crippen LogP contribution in [0.2, 0.25) is 0 Å². The first kappa shape index (κ1) is 11.1. The molecule has 0 saturated carbocycles. The number of hydrogen-bond donors (Lipinski definition) is 3. The maximum absolute atomic E-state index is 11.6. The van der Waals surface area contributed by atoms with Crippen LogP contribution in [-0.4, -0.2) is 41.0 Å². The summed E-state index contributed by atoms with van der Waals surface area (Å²) in [6.45, 7) is 4.95. The minimum atomic E-state index is -0.159. The molecule has 6 heteroatoms. The van der Waals surface area contributed by atoms with Crippen molar-refractivity contribution in [2.45, 2.75) is 19.8 Å². The van der Waals surface area contributed by atoms with Crippen LogP contribution in [0.15, 0.2) is 6.20 Å². The van der Waals surface area contributed by atoms with E-state index in [1.165, 1.54) is 6.20 Å². The molecule has 0 bridgehead atoms. The number of piperidine rings is 1. The Morgan fingerprint density at radius 2 is 2.31 bits per heavy atom. The van der Waals surface area contributed by atoms with Gasteiger partial charge in [-0.15, -0.1) is 0 Å². The summed E-state index contributed by atoms with van der Waals surface area (Å²) >= 11 is 0. The maximum atomic E-state index is 11.6. The molecule has 16 heavy (non-hydrogen) atoms. The average Bonchev–Trinajstić information content (AvgIpc) is 2.80. The van der Waals surface area contributed by atoms with Gasteiger partial charge in [0.25, 0.3) is 5.91 Å². The van der Waals surface area contributed by atoms with Gasteiger partial charge in [-0.1, -0.05) is 6.92 Å². The highest BCUT2D eigenvalue weighted by Crippen LogP contribution is 2.26. The number of H-pyrrole nitrogens is 1. The van der Waals surface area contributed by atoms with Gasteiger partial charge in [-0.3, -0.25) is 4.79 Å². The monoisotopic (exact) mass is 223 g/mol. The van der Waals surface area contributed by atoms with E-state index in [9.17, 15) is 4.79 Å². The molecule has 2 heterocycles. The van der Waals surface area contributed by atoms with Crippen LogP contribution < -0.4 is 10.6 Å². The summed E-state index contributed by atoms with van der Waals surface area (Å²) in [6, 6.07) is 0. The van der Waals surface area contributed by atoms with Crippen molar-refractivity contribution in [2.75, 3.05) is 19.6 Å². The molecular formula is C10H17N5O. The van der Waals surface area contributed by atoms with Crippen LogP contribution in [0, 0.1) is 5.41 Å². The molecule has 0 aliphatic carbocycles. The highest BCUT2D eigenvalue weighted by atomic mass is 16.1. The van der Waals surface area contributed by atoms with Gasteiger partial charge in [-0.2, -0.15) is 15.4 Å². The molecule has 1 aliphatic heterocycles. The van der Waals surface area contributed by atoms with Gasteiger partial charge in [0.15, 0.2) is 5.69 Å². The minimum absolute atomic E-state index is 0.159. The van der Waals surface area contributed by atoms with Crippen LogP contribution in [-0.2, 0) is 0 Å². The number of aromatic nitrogens is 3. The molecule has 1 amide bonds. The van der Waals surface area contributed by atoms with Crippen LogP contribution in [0.3, 0.4) is 0 Å². The molecule has 1 aromatic heterocycles. The Bertz CT molecular complexity index is 342. The van der Waals surface area contributed by atoms with Gasteiger partial charge in [0.05, 0.1) is 6.20 Å². The van der Waals surface area contributed by atoms with Gasteiger partial charge in [0.1, 0.15) is 0 Å². The molecule has 0 spiro atoms. The zero-order valence-corrected chi connectivity index (χ0v) is 9.42. The van der Waals surface area contributed by atoms with E-state index in [-0.39, 0.29) is 11.3 Å². The van der Waals surface area contributed by atoms with E-state index in [0.29, 0.717) is 12.2 Å². The highest BCUT2D eigenvalue weighted by Gasteiger charge is 2.27. The first-order chi connectivity index (χ1) is 7.70. The molecule has 2 rings (SSSR count). The summed E-state index contributed by atoms with van der Waals surface area (Å²) in [4.78, 5) is 11.6. The van der Waals surface area contributed by atoms with Gasteiger partial charge in [-0.05, 0) is 31.3 Å². The molecule has 0 aromatic carbocycles. The van der Waals surface area contributed by atoms with E-state index < -0.39 is 0 Å². The predicted octanol–water partition coefficient (Wildman–Crippen LogP) is -0.0758. The normalized spacial score (nSPS) is 19.3. The molecule has 1 aromatic rings. The lowest BCUT2D eigenvalue weighted by molar-refractivity contribution is 0.0917. The third-order valence-electron chi connectivity index (χ3n) is 3.13. The van der Waals surface area contributed by atoms with Crippen molar-refractivity contribution in [1.29, 1.82) is 0 Å². The number of carbonyl (C=O) groups excluding carboxylic acids is 1. The quantitative estimate of drug-likeness (QED) is 0.669. The van der Waals surface area contributed by atoms with Crippen LogP contribution in [0.4, 0.5) is 0 Å². The number of rotatable bonds is 3. The lowest BCUT2D eigenvalue weighted by atomic mass is 9.81. The third-order valence-corrected chi connectivity index (χ3v) is 3.13. The SMILES string of the molecule is CC1(CNC(=O)c2cn[nH]n2)CCNCC1. The fourth-order valence-corrected chi connectivity index (χ4v) is 1.90. The molecule has 3 N–H and O–H groups in total. The number of carbonyl (C=O) groups is 1. The fourth-order valence-electron chi connectivity index (χ4n) is 1.90. The summed E-state index contributed by atoms with van der Waals surface area (Å²) < 4.78 is 0. The number of amides is 1. The van der Waals surface area contributed by atoms with E-state index >= 15 is 0 Å². The van der Waals surface area contributed by atoms with Crippen molar-refractivity contribution >= 4 is 5.91 Å². The molecule has 0 radical (unpaired) electrons. The average molecular weight is 223 g/mol. The molecule has 0 unspecified atom stereocenters. The van der Waals surface area contributed by atoms with Gasteiger partial charge < -0.3 is 10.6 Å². The van der Waals surface area contributed by atoms with E-state index in [2.05, 4.69) is 33.0 Å². The van der Waals surface area contributed by atoms with Crippen molar-refractivity contribution in [3.63, 3.8) is 0 Å². The Morgan fingerprint density at radius 1 is 1.56 bits per heavy atom. The van der Waals surface area contributed by atoms with Crippen molar-refractivity contribution < 1.29 is 4.79 Å². The van der Waals surface area contributed by atoms with E-state index in [0.717, 1.165) is 25.9 Å². The zero-order chi connectivity index (χ0) is 11.4. The minimum Gasteiger partial charge on any atom is -0.350 e. The summed E-state index contributed by atoms with van der Waals surface area (Å²) in [5, 5.41) is 16.0. The second-order valence-electron chi connectivity index (χ2n) is 4.60. The Kier molecular flexibility index (Phi) is 3.19. The van der Waals surface area contributed by atoms with Crippen LogP contribution in [0.25, 0.3) is 0 Å². The Morgan fingerprint density at radius 3 is 2.94 bits per heavy atom. The lowest BCUT2D eigenvalue weighted by Gasteiger charge is -2.33. The topological polar surface area (TPSA) is 82.7 Å². The Balaban J connectivity index is 1.84. The van der Waals surface area contributed by atoms with Crippen LogP contribution >= 0.6 is 0 Å². The second kappa shape index (κ2) is 4.61. The van der Waals surface area contributed by atoms with Gasteiger partial charge in [0.2, 0.25) is 0 Å². The second-order valence-corrected chi connectivity index (χ2v) is 4.60. The Hall–Kier alpha value is -1.43. The lowest BCUT2D eigenvalue weighted by Crippen LogP contribution is -2.42. The summed E-state index contributed by atoms with van der Waals surface area (Å²) in [6.07, 6.45) is 3.61. The van der Waals surface area contributed by atoms with Crippen LogP contribution in [0.1, 0.15) is 30.3 Å². The van der Waals surface area contributed by atoms with Crippen molar-refractivity contribution in [2.24, 2.45) is 5.41 Å². The third kappa shape index (κ3) is 2.57. The number of nitrogens with one attached hydrogen (secondary N) is 3. The molecule has 0 atom stereocenters. The molecule has 1 fully saturated rings. The van der Waals surface area contributed by atoms with Crippen LogP contribution in [0.5, 0.6) is 0 Å². The molecule has 1 aliphatic rings. The number of hydrogen-bond acceptors (Lipinski definition) is 4. The summed E-state index contributed by atoms with van der Waals surface area (Å²) in [7, 11) is 0. The van der Waals surface area contributed by atoms with E-state index in [4.69, 9.17) is 0 Å². The van der Waals surface area contributed by atoms with Crippen molar-refractivity contribution in [1.82, 2.24) is 26.0 Å². The first-order valence-electron chi connectivity index (χ1n) is 5.54. The van der Waals surface area contributed by atoms with Gasteiger partial charge in [0, 0.05) is 6.54 Å². The van der Waals surface area contributed by atoms with E-state index in [1.807, 2.05) is 0 Å². The van der Waals surface area contributed by atoms with Gasteiger partial charge >= 0.3 is 0 Å². The fraction of sp³-hybridized carbons (Fsp3) is 0.700. The van der Waals surface area contributed by atoms with Crippen molar-refractivity contribution in [3.05, 3.63) is 11.9 Å². The first-order valence-corrected chi connectivity index (χ1v) is 5.54. The zero-order valence-electron chi connectivity index (χ0n) is 9.42.